The molecule has 3 aromatic carbocycles. The zero-order chi connectivity index (χ0) is 33.0. The van der Waals surface area contributed by atoms with Crippen molar-refractivity contribution in [1.29, 1.82) is 5.26 Å². The number of carbonyl (C=O) groups excluding carboxylic acids is 1. The Kier molecular flexibility index (Phi) is 9.30. The highest BCUT2D eigenvalue weighted by Crippen LogP contribution is 2.36. The van der Waals surface area contributed by atoms with Crippen molar-refractivity contribution in [3.05, 3.63) is 89.6 Å². The molecule has 0 unspecified atom stereocenters. The Morgan fingerprint density at radius 1 is 0.979 bits per heavy atom. The molecule has 2 saturated heterocycles. The van der Waals surface area contributed by atoms with Gasteiger partial charge in [0.15, 0.2) is 0 Å². The van der Waals surface area contributed by atoms with Gasteiger partial charge in [0.05, 0.1) is 30.8 Å². The van der Waals surface area contributed by atoms with Gasteiger partial charge in [0.2, 0.25) is 0 Å². The van der Waals surface area contributed by atoms with Gasteiger partial charge in [-0.1, -0.05) is 66.7 Å². The minimum absolute atomic E-state index is 0.0619. The summed E-state index contributed by atoms with van der Waals surface area (Å²) >= 11 is 0. The van der Waals surface area contributed by atoms with Gasteiger partial charge in [0, 0.05) is 48.4 Å². The predicted molar refractivity (Wildman–Crippen MR) is 186 cm³/mol. The molecule has 1 aromatic heterocycles. The summed E-state index contributed by atoms with van der Waals surface area (Å²) in [5.74, 6) is 0.847. The van der Waals surface area contributed by atoms with Crippen molar-refractivity contribution in [3.8, 4) is 12.1 Å². The Morgan fingerprint density at radius 2 is 1.79 bits per heavy atom. The fourth-order valence-corrected chi connectivity index (χ4v) is 7.38. The number of piperazine rings is 1. The van der Waals surface area contributed by atoms with Crippen molar-refractivity contribution in [2.45, 2.75) is 63.9 Å². The number of aromatic nitrogens is 2. The topological polar surface area (TPSA) is 98.1 Å². The Balaban J connectivity index is 1.17. The quantitative estimate of drug-likeness (QED) is 0.236. The predicted octanol–water partition coefficient (Wildman–Crippen LogP) is 5.80. The van der Waals surface area contributed by atoms with E-state index >= 15 is 0 Å². The summed E-state index contributed by atoms with van der Waals surface area (Å²) in [7, 11) is 2.14. The highest BCUT2D eigenvalue weighted by atomic mass is 16.6. The third kappa shape index (κ3) is 6.60. The Bertz CT molecular complexity index is 1790. The number of fused-ring (bicyclic) bond motifs is 2. The molecule has 2 fully saturated rings. The molecule has 1 amide bonds. The molecule has 0 radical (unpaired) electrons. The first-order valence-corrected chi connectivity index (χ1v) is 17.0. The molecule has 0 bridgehead atoms. The van der Waals surface area contributed by atoms with Crippen LogP contribution >= 0.6 is 0 Å². The van der Waals surface area contributed by atoms with E-state index in [1.807, 2.05) is 30.3 Å². The van der Waals surface area contributed by atoms with Gasteiger partial charge in [-0.15, -0.1) is 0 Å². The lowest BCUT2D eigenvalue weighted by Gasteiger charge is -2.45. The van der Waals surface area contributed by atoms with Crippen LogP contribution in [0.4, 0.5) is 16.3 Å². The molecule has 3 aliphatic rings. The molecule has 10 nitrogen and oxygen atoms in total. The van der Waals surface area contributed by atoms with Crippen LogP contribution in [-0.2, 0) is 24.3 Å². The second-order valence-corrected chi connectivity index (χ2v) is 13.2. The van der Waals surface area contributed by atoms with Crippen LogP contribution in [0.3, 0.4) is 0 Å². The first-order chi connectivity index (χ1) is 23.5. The summed E-state index contributed by atoms with van der Waals surface area (Å²) in [4.78, 5) is 32.2. The fourth-order valence-electron chi connectivity index (χ4n) is 7.38. The molecule has 0 N–H and O–H groups in total. The van der Waals surface area contributed by atoms with E-state index in [4.69, 9.17) is 19.4 Å². The summed E-state index contributed by atoms with van der Waals surface area (Å²) in [6, 6.07) is 27.2. The number of likely N-dealkylation sites (tertiary alicyclic amines) is 1. The molecule has 3 atom stereocenters. The summed E-state index contributed by atoms with van der Waals surface area (Å²) < 4.78 is 12.1. The van der Waals surface area contributed by atoms with Crippen molar-refractivity contribution < 1.29 is 14.3 Å². The number of amides is 1. The van der Waals surface area contributed by atoms with Gasteiger partial charge < -0.3 is 29.1 Å². The summed E-state index contributed by atoms with van der Waals surface area (Å²) in [6.45, 7) is 6.26. The van der Waals surface area contributed by atoms with Crippen molar-refractivity contribution in [1.82, 2.24) is 19.8 Å². The summed E-state index contributed by atoms with van der Waals surface area (Å²) in [5.41, 5.74) is 4.19. The standard InChI is InChI=1S/C38H43N7O3/c1-27-22-45(38(46)48-25-28-10-4-3-5-11-28)30(17-19-39)23-44(27)36-33-18-21-43(35-16-8-13-29-12-6-7-15-32(29)35)24-34(33)40-37(41-36)47-26-31-14-9-20-42(31)2/h3-8,10-13,15-16,27,30-31H,9,14,17-18,20-26H2,1-2H3/t27-,30+,31+/m1/s1. The van der Waals surface area contributed by atoms with Gasteiger partial charge in [-0.05, 0) is 56.8 Å². The number of ether oxygens (including phenoxy) is 2. The zero-order valence-corrected chi connectivity index (χ0v) is 27.8. The van der Waals surface area contributed by atoms with E-state index in [-0.39, 0.29) is 25.1 Å². The number of likely N-dealkylation sites (N-methyl/N-ethyl adjacent to an activating group) is 1. The molecule has 10 heteroatoms. The highest BCUT2D eigenvalue weighted by molar-refractivity contribution is 5.94. The van der Waals surface area contributed by atoms with E-state index in [1.165, 1.54) is 16.5 Å². The van der Waals surface area contributed by atoms with Crippen LogP contribution in [0.2, 0.25) is 0 Å². The summed E-state index contributed by atoms with van der Waals surface area (Å²) in [6.07, 6.45) is 2.83. The van der Waals surface area contributed by atoms with Crippen molar-refractivity contribution in [2.75, 3.05) is 49.6 Å². The van der Waals surface area contributed by atoms with Crippen LogP contribution in [0, 0.1) is 11.3 Å². The molecule has 48 heavy (non-hydrogen) atoms. The molecule has 248 valence electrons. The Hall–Kier alpha value is -4.88. The highest BCUT2D eigenvalue weighted by Gasteiger charge is 2.38. The van der Waals surface area contributed by atoms with Gasteiger partial charge >= 0.3 is 12.1 Å². The molecule has 3 aliphatic heterocycles. The van der Waals surface area contributed by atoms with E-state index < -0.39 is 6.09 Å². The van der Waals surface area contributed by atoms with Crippen LogP contribution in [0.5, 0.6) is 6.01 Å². The number of nitrogens with zero attached hydrogens (tertiary/aromatic N) is 7. The molecule has 0 spiro atoms. The first-order valence-electron chi connectivity index (χ1n) is 17.0. The lowest BCUT2D eigenvalue weighted by Crippen LogP contribution is -2.59. The van der Waals surface area contributed by atoms with E-state index in [0.717, 1.165) is 55.0 Å². The number of nitriles is 1. The molecule has 0 saturated carbocycles. The number of carbonyl (C=O) groups is 1. The SMILES string of the molecule is C[C@@H]1CN(C(=O)OCc2ccccc2)[C@@H](CC#N)CN1c1nc(OC[C@@H]2CCCN2C)nc2c1CCN(c1cccc3ccccc13)C2. The largest absolute Gasteiger partial charge is 0.462 e. The Morgan fingerprint density at radius 3 is 2.60 bits per heavy atom. The molecular formula is C38H43N7O3. The molecular weight excluding hydrogens is 602 g/mol. The van der Waals surface area contributed by atoms with Crippen LogP contribution in [0.15, 0.2) is 72.8 Å². The maximum absolute atomic E-state index is 13.4. The second kappa shape index (κ2) is 14.1. The van der Waals surface area contributed by atoms with Gasteiger partial charge in [-0.2, -0.15) is 15.2 Å². The van der Waals surface area contributed by atoms with E-state index in [0.29, 0.717) is 38.3 Å². The van der Waals surface area contributed by atoms with Crippen LogP contribution in [0.1, 0.15) is 43.0 Å². The van der Waals surface area contributed by atoms with Crippen LogP contribution < -0.4 is 14.5 Å². The number of anilines is 2. The first kappa shape index (κ1) is 31.7. The minimum Gasteiger partial charge on any atom is -0.462 e. The molecule has 7 rings (SSSR count). The van der Waals surface area contributed by atoms with Crippen LogP contribution in [0.25, 0.3) is 10.8 Å². The number of rotatable bonds is 8. The van der Waals surface area contributed by atoms with Crippen molar-refractivity contribution in [2.24, 2.45) is 0 Å². The van der Waals surface area contributed by atoms with E-state index in [1.54, 1.807) is 4.90 Å². The molecule has 4 aromatic rings. The number of hydrogen-bond acceptors (Lipinski definition) is 9. The number of hydrogen-bond donors (Lipinski definition) is 0. The third-order valence-electron chi connectivity index (χ3n) is 10.1. The third-order valence-corrected chi connectivity index (χ3v) is 10.1. The van der Waals surface area contributed by atoms with Gasteiger partial charge in [0.1, 0.15) is 19.0 Å². The zero-order valence-electron chi connectivity index (χ0n) is 27.8. The number of benzene rings is 3. The average molecular weight is 646 g/mol. The molecule has 0 aliphatic carbocycles. The molecule has 4 heterocycles. The maximum atomic E-state index is 13.4. The lowest BCUT2D eigenvalue weighted by atomic mass is 10.00. The second-order valence-electron chi connectivity index (χ2n) is 13.2. The van der Waals surface area contributed by atoms with Crippen molar-refractivity contribution in [3.63, 3.8) is 0 Å². The Labute approximate surface area is 282 Å². The average Bonchev–Trinajstić information content (AvgIpc) is 3.54. The summed E-state index contributed by atoms with van der Waals surface area (Å²) in [5, 5.41) is 12.2. The van der Waals surface area contributed by atoms with Crippen LogP contribution in [-0.4, -0.2) is 83.8 Å². The smallest absolute Gasteiger partial charge is 0.410 e. The van der Waals surface area contributed by atoms with E-state index in [2.05, 4.69) is 77.2 Å². The lowest BCUT2D eigenvalue weighted by molar-refractivity contribution is 0.0709. The van der Waals surface area contributed by atoms with E-state index in [9.17, 15) is 10.1 Å². The maximum Gasteiger partial charge on any atom is 0.410 e. The normalized spacial score (nSPS) is 21.2. The van der Waals surface area contributed by atoms with Gasteiger partial charge in [0.25, 0.3) is 0 Å². The minimum atomic E-state index is -0.397. The van der Waals surface area contributed by atoms with Crippen molar-refractivity contribution >= 4 is 28.4 Å². The fraction of sp³-hybridized carbons (Fsp3) is 0.421. The van der Waals surface area contributed by atoms with Gasteiger partial charge in [-0.3, -0.25) is 0 Å². The monoisotopic (exact) mass is 645 g/mol. The van der Waals surface area contributed by atoms with Gasteiger partial charge in [-0.25, -0.2) is 4.79 Å².